The van der Waals surface area contributed by atoms with Gasteiger partial charge in [-0.2, -0.15) is 0 Å². The van der Waals surface area contributed by atoms with Gasteiger partial charge >= 0.3 is 5.97 Å². The molecule has 1 N–H and O–H groups in total. The molecule has 31 heavy (non-hydrogen) atoms. The van der Waals surface area contributed by atoms with Crippen LogP contribution >= 0.6 is 0 Å². The van der Waals surface area contributed by atoms with Gasteiger partial charge in [-0.15, -0.1) is 0 Å². The average molecular weight is 405 g/mol. The molecule has 0 bridgehead atoms. The molecule has 4 aromatic carbocycles. The highest BCUT2D eigenvalue weighted by Crippen LogP contribution is 2.56. The molecule has 4 aromatic rings. The van der Waals surface area contributed by atoms with Crippen molar-refractivity contribution in [1.29, 1.82) is 0 Å². The maximum atomic E-state index is 13.1. The highest BCUT2D eigenvalue weighted by Gasteiger charge is 2.53. The molecule has 0 radical (unpaired) electrons. The van der Waals surface area contributed by atoms with Crippen LogP contribution in [0.5, 0.6) is 11.5 Å². The van der Waals surface area contributed by atoms with E-state index in [0.29, 0.717) is 17.1 Å². The number of rotatable bonds is 2. The maximum Gasteiger partial charge on any atom is 0.340 e. The lowest BCUT2D eigenvalue weighted by Crippen LogP contribution is -2.33. The third-order valence-corrected chi connectivity index (χ3v) is 6.01. The first kappa shape index (κ1) is 17.8. The number of fused-ring (bicyclic) bond motifs is 6. The Kier molecular flexibility index (Phi) is 3.71. The molecular formula is C27H19NO3. The molecule has 0 aliphatic carbocycles. The standard InChI is InChI=1S/C27H19NO3/c1-17-8-7-12-21-25(17)26(29)31-27(21)20-11-5-6-13-23(20)30-24-15-14-19(16-22(24)27)28-18-9-3-2-4-10-18/h2-16,28H,1H3. The molecular weight excluding hydrogens is 386 g/mol. The Bertz CT molecular complexity index is 1350. The number of hydrogen-bond donors (Lipinski definition) is 1. The van der Waals surface area contributed by atoms with Gasteiger partial charge in [0.2, 0.25) is 0 Å². The number of hydrogen-bond acceptors (Lipinski definition) is 4. The van der Waals surface area contributed by atoms with Crippen LogP contribution in [0.15, 0.2) is 91.0 Å². The second kappa shape index (κ2) is 6.47. The van der Waals surface area contributed by atoms with Gasteiger partial charge < -0.3 is 14.8 Å². The second-order valence-electron chi connectivity index (χ2n) is 7.87. The molecule has 1 unspecified atom stereocenters. The van der Waals surface area contributed by atoms with E-state index in [1.807, 2.05) is 97.9 Å². The Morgan fingerprint density at radius 2 is 1.45 bits per heavy atom. The number of para-hydroxylation sites is 2. The molecule has 4 nitrogen and oxygen atoms in total. The minimum atomic E-state index is -1.04. The summed E-state index contributed by atoms with van der Waals surface area (Å²) in [6, 6.07) is 29.6. The van der Waals surface area contributed by atoms with Gasteiger partial charge in [-0.1, -0.05) is 54.6 Å². The molecule has 2 aliphatic rings. The van der Waals surface area contributed by atoms with E-state index in [0.717, 1.165) is 33.6 Å². The molecule has 1 spiro atoms. The summed E-state index contributed by atoms with van der Waals surface area (Å²) in [5, 5.41) is 3.43. The summed E-state index contributed by atoms with van der Waals surface area (Å²) >= 11 is 0. The number of aryl methyl sites for hydroxylation is 1. The normalized spacial score (nSPS) is 17.9. The molecule has 1 atom stereocenters. The van der Waals surface area contributed by atoms with Crippen LogP contribution in [-0.4, -0.2) is 5.97 Å². The molecule has 0 aromatic heterocycles. The van der Waals surface area contributed by atoms with Crippen LogP contribution in [0.3, 0.4) is 0 Å². The number of benzene rings is 4. The number of anilines is 2. The van der Waals surface area contributed by atoms with Crippen molar-refractivity contribution in [3.8, 4) is 11.5 Å². The number of carbonyl (C=O) groups excluding carboxylic acids is 1. The third kappa shape index (κ3) is 2.51. The first-order valence-corrected chi connectivity index (χ1v) is 10.2. The summed E-state index contributed by atoms with van der Waals surface area (Å²) in [6.45, 7) is 1.94. The lowest BCUT2D eigenvalue weighted by atomic mass is 9.77. The Hall–Kier alpha value is -4.05. The van der Waals surface area contributed by atoms with Gasteiger partial charge in [0.1, 0.15) is 11.5 Å². The smallest absolute Gasteiger partial charge is 0.340 e. The maximum absolute atomic E-state index is 13.1. The number of esters is 1. The zero-order chi connectivity index (χ0) is 21.0. The van der Waals surface area contributed by atoms with Crippen LogP contribution in [0.1, 0.15) is 32.6 Å². The van der Waals surface area contributed by atoms with Crippen molar-refractivity contribution in [2.24, 2.45) is 0 Å². The third-order valence-electron chi connectivity index (χ3n) is 6.01. The largest absolute Gasteiger partial charge is 0.456 e. The summed E-state index contributed by atoms with van der Waals surface area (Å²) in [5.74, 6) is 1.07. The Morgan fingerprint density at radius 3 is 2.32 bits per heavy atom. The van der Waals surface area contributed by atoms with E-state index in [4.69, 9.17) is 9.47 Å². The Morgan fingerprint density at radius 1 is 0.710 bits per heavy atom. The highest BCUT2D eigenvalue weighted by atomic mass is 16.6. The zero-order valence-electron chi connectivity index (χ0n) is 16.9. The topological polar surface area (TPSA) is 47.6 Å². The summed E-state index contributed by atoms with van der Waals surface area (Å²) in [4.78, 5) is 13.1. The van der Waals surface area contributed by atoms with Gasteiger partial charge in [0.05, 0.1) is 5.56 Å². The molecule has 4 heteroatoms. The quantitative estimate of drug-likeness (QED) is 0.397. The van der Waals surface area contributed by atoms with Crippen molar-refractivity contribution >= 4 is 17.3 Å². The van der Waals surface area contributed by atoms with Crippen molar-refractivity contribution < 1.29 is 14.3 Å². The van der Waals surface area contributed by atoms with Crippen LogP contribution in [0.25, 0.3) is 0 Å². The van der Waals surface area contributed by atoms with Crippen molar-refractivity contribution in [1.82, 2.24) is 0 Å². The van der Waals surface area contributed by atoms with Crippen LogP contribution in [0.4, 0.5) is 11.4 Å². The predicted octanol–water partition coefficient (Wildman–Crippen LogP) is 6.31. The van der Waals surface area contributed by atoms with Gasteiger partial charge in [-0.3, -0.25) is 0 Å². The number of nitrogens with one attached hydrogen (secondary N) is 1. The van der Waals surface area contributed by atoms with Crippen LogP contribution in [-0.2, 0) is 10.3 Å². The Balaban J connectivity index is 1.61. The minimum Gasteiger partial charge on any atom is -0.456 e. The van der Waals surface area contributed by atoms with Crippen molar-refractivity contribution in [2.75, 3.05) is 5.32 Å². The molecule has 2 aliphatic heterocycles. The van der Waals surface area contributed by atoms with Crippen LogP contribution < -0.4 is 10.1 Å². The van der Waals surface area contributed by atoms with E-state index in [1.165, 1.54) is 0 Å². The average Bonchev–Trinajstić information content (AvgIpc) is 3.09. The van der Waals surface area contributed by atoms with Gasteiger partial charge in [-0.05, 0) is 48.9 Å². The molecule has 0 saturated carbocycles. The molecule has 6 rings (SSSR count). The van der Waals surface area contributed by atoms with Crippen LogP contribution in [0.2, 0.25) is 0 Å². The first-order chi connectivity index (χ1) is 15.2. The number of ether oxygens (including phenoxy) is 2. The van der Waals surface area contributed by atoms with Gasteiger partial charge in [0, 0.05) is 28.1 Å². The van der Waals surface area contributed by atoms with Crippen molar-refractivity contribution in [2.45, 2.75) is 12.5 Å². The molecule has 0 saturated heterocycles. The van der Waals surface area contributed by atoms with E-state index in [9.17, 15) is 4.79 Å². The van der Waals surface area contributed by atoms with E-state index in [1.54, 1.807) is 0 Å². The monoisotopic (exact) mass is 405 g/mol. The van der Waals surface area contributed by atoms with Crippen LogP contribution in [0, 0.1) is 6.92 Å². The van der Waals surface area contributed by atoms with E-state index >= 15 is 0 Å². The predicted molar refractivity (Wildman–Crippen MR) is 119 cm³/mol. The zero-order valence-corrected chi connectivity index (χ0v) is 16.9. The lowest BCUT2D eigenvalue weighted by Gasteiger charge is -2.36. The first-order valence-electron chi connectivity index (χ1n) is 10.2. The van der Waals surface area contributed by atoms with E-state index in [-0.39, 0.29) is 5.97 Å². The highest BCUT2D eigenvalue weighted by molar-refractivity contribution is 5.98. The lowest BCUT2D eigenvalue weighted by molar-refractivity contribution is 0.0224. The van der Waals surface area contributed by atoms with Crippen molar-refractivity contribution in [3.63, 3.8) is 0 Å². The summed E-state index contributed by atoms with van der Waals surface area (Å²) in [5.41, 5.74) is 4.86. The summed E-state index contributed by atoms with van der Waals surface area (Å²) in [7, 11) is 0. The fraction of sp³-hybridized carbons (Fsp3) is 0.0741. The SMILES string of the molecule is Cc1cccc2c1C(=O)OC21c2ccccc2Oc2ccc(Nc3ccccc3)cc21. The number of carbonyl (C=O) groups is 1. The van der Waals surface area contributed by atoms with Gasteiger partial charge in [0.25, 0.3) is 0 Å². The van der Waals surface area contributed by atoms with E-state index in [2.05, 4.69) is 5.32 Å². The van der Waals surface area contributed by atoms with Gasteiger partial charge in [0.15, 0.2) is 5.60 Å². The molecule has 150 valence electrons. The Labute approximate surface area is 180 Å². The van der Waals surface area contributed by atoms with Gasteiger partial charge in [-0.25, -0.2) is 4.79 Å². The minimum absolute atomic E-state index is 0.308. The molecule has 0 fully saturated rings. The second-order valence-corrected chi connectivity index (χ2v) is 7.87. The fourth-order valence-electron chi connectivity index (χ4n) is 4.65. The molecule has 0 amide bonds. The fourth-order valence-corrected chi connectivity index (χ4v) is 4.65. The summed E-state index contributed by atoms with van der Waals surface area (Å²) < 4.78 is 12.5. The molecule has 2 heterocycles. The summed E-state index contributed by atoms with van der Waals surface area (Å²) in [6.07, 6.45) is 0. The van der Waals surface area contributed by atoms with Crippen molar-refractivity contribution in [3.05, 3.63) is 119 Å². The van der Waals surface area contributed by atoms with E-state index < -0.39 is 5.60 Å².